The number of carbonyl (C=O) groups is 1. The number of hydrogen-bond acceptors (Lipinski definition) is 3. The molecule has 1 unspecified atom stereocenters. The zero-order chi connectivity index (χ0) is 15.1. The standard InChI is InChI=1S/C17H24O4/c1-20-10-4-11-21-12-9-17(16(18)19)8-7-14-5-2-3-6-15(14)13-17/h2-3,5-6H,4,7-13H2,1H3,(H,18,19). The lowest BCUT2D eigenvalue weighted by Gasteiger charge is -2.34. The molecule has 1 aromatic carbocycles. The second-order valence-corrected chi connectivity index (χ2v) is 5.74. The number of ether oxygens (including phenoxy) is 2. The van der Waals surface area contributed by atoms with Gasteiger partial charge < -0.3 is 14.6 Å². The van der Waals surface area contributed by atoms with Gasteiger partial charge >= 0.3 is 5.97 Å². The molecule has 0 amide bonds. The highest BCUT2D eigenvalue weighted by Crippen LogP contribution is 2.38. The monoisotopic (exact) mass is 292 g/mol. The minimum absolute atomic E-state index is 0.498. The largest absolute Gasteiger partial charge is 0.481 e. The number of hydrogen-bond donors (Lipinski definition) is 1. The van der Waals surface area contributed by atoms with Crippen LogP contribution in [0.3, 0.4) is 0 Å². The molecule has 21 heavy (non-hydrogen) atoms. The predicted octanol–water partition coefficient (Wildman–Crippen LogP) is 2.69. The highest BCUT2D eigenvalue weighted by molar-refractivity contribution is 5.75. The van der Waals surface area contributed by atoms with E-state index in [0.29, 0.717) is 39.1 Å². The summed E-state index contributed by atoms with van der Waals surface area (Å²) in [7, 11) is 1.67. The zero-order valence-corrected chi connectivity index (χ0v) is 12.6. The maximum absolute atomic E-state index is 11.8. The van der Waals surface area contributed by atoms with E-state index in [1.54, 1.807) is 7.11 Å². The second kappa shape index (κ2) is 7.57. The molecule has 1 N–H and O–H groups in total. The van der Waals surface area contributed by atoms with Crippen molar-refractivity contribution in [3.05, 3.63) is 35.4 Å². The lowest BCUT2D eigenvalue weighted by molar-refractivity contribution is -0.151. The second-order valence-electron chi connectivity index (χ2n) is 5.74. The summed E-state index contributed by atoms with van der Waals surface area (Å²) in [5.41, 5.74) is 1.79. The Kier molecular flexibility index (Phi) is 5.76. The summed E-state index contributed by atoms with van der Waals surface area (Å²) in [6.07, 6.45) is 3.57. The molecule has 4 nitrogen and oxygen atoms in total. The van der Waals surface area contributed by atoms with Crippen molar-refractivity contribution in [2.45, 2.75) is 32.1 Å². The van der Waals surface area contributed by atoms with Crippen LogP contribution in [0.25, 0.3) is 0 Å². The van der Waals surface area contributed by atoms with E-state index in [1.165, 1.54) is 11.1 Å². The van der Waals surface area contributed by atoms with Crippen molar-refractivity contribution < 1.29 is 19.4 Å². The van der Waals surface area contributed by atoms with Gasteiger partial charge in [-0.05, 0) is 43.2 Å². The molecule has 0 fully saturated rings. The number of methoxy groups -OCH3 is 1. The van der Waals surface area contributed by atoms with Crippen LogP contribution in [-0.4, -0.2) is 38.0 Å². The maximum Gasteiger partial charge on any atom is 0.310 e. The van der Waals surface area contributed by atoms with Gasteiger partial charge in [0.1, 0.15) is 0 Å². The predicted molar refractivity (Wildman–Crippen MR) is 80.5 cm³/mol. The third-order valence-corrected chi connectivity index (χ3v) is 4.34. The van der Waals surface area contributed by atoms with Crippen molar-refractivity contribution in [2.24, 2.45) is 5.41 Å². The molecule has 0 saturated heterocycles. The molecule has 4 heteroatoms. The van der Waals surface area contributed by atoms with E-state index < -0.39 is 11.4 Å². The number of fused-ring (bicyclic) bond motifs is 1. The summed E-state index contributed by atoms with van der Waals surface area (Å²) >= 11 is 0. The molecular weight excluding hydrogens is 268 g/mol. The van der Waals surface area contributed by atoms with Gasteiger partial charge in [-0.25, -0.2) is 0 Å². The Labute approximate surface area is 126 Å². The summed E-state index contributed by atoms with van der Waals surface area (Å²) < 4.78 is 10.5. The zero-order valence-electron chi connectivity index (χ0n) is 12.6. The van der Waals surface area contributed by atoms with Gasteiger partial charge in [-0.1, -0.05) is 24.3 Å². The lowest BCUT2D eigenvalue weighted by Crippen LogP contribution is -2.38. The first-order valence-corrected chi connectivity index (χ1v) is 7.55. The fourth-order valence-corrected chi connectivity index (χ4v) is 2.98. The van der Waals surface area contributed by atoms with E-state index in [0.717, 1.165) is 12.8 Å². The topological polar surface area (TPSA) is 55.8 Å². The van der Waals surface area contributed by atoms with Crippen molar-refractivity contribution in [1.29, 1.82) is 0 Å². The van der Waals surface area contributed by atoms with Gasteiger partial charge in [0.2, 0.25) is 0 Å². The number of benzene rings is 1. The van der Waals surface area contributed by atoms with E-state index in [-0.39, 0.29) is 0 Å². The van der Waals surface area contributed by atoms with Crippen LogP contribution in [0.2, 0.25) is 0 Å². The summed E-state index contributed by atoms with van der Waals surface area (Å²) in [4.78, 5) is 11.8. The van der Waals surface area contributed by atoms with Crippen molar-refractivity contribution in [3.8, 4) is 0 Å². The van der Waals surface area contributed by atoms with Crippen molar-refractivity contribution in [1.82, 2.24) is 0 Å². The van der Waals surface area contributed by atoms with Crippen molar-refractivity contribution in [3.63, 3.8) is 0 Å². The summed E-state index contributed by atoms with van der Waals surface area (Å²) in [5.74, 6) is -0.697. The van der Waals surface area contributed by atoms with E-state index in [2.05, 4.69) is 6.07 Å². The fourth-order valence-electron chi connectivity index (χ4n) is 2.98. The summed E-state index contributed by atoms with van der Waals surface area (Å²) in [6, 6.07) is 8.15. The number of carboxylic acids is 1. The van der Waals surface area contributed by atoms with Gasteiger partial charge in [0, 0.05) is 26.9 Å². The fraction of sp³-hybridized carbons (Fsp3) is 0.588. The molecule has 0 spiro atoms. The lowest BCUT2D eigenvalue weighted by atomic mass is 9.70. The normalized spacial score (nSPS) is 21.0. The van der Waals surface area contributed by atoms with Crippen LogP contribution in [0, 0.1) is 5.41 Å². The Bertz CT molecular complexity index is 472. The van der Waals surface area contributed by atoms with Crippen LogP contribution in [0.4, 0.5) is 0 Å². The van der Waals surface area contributed by atoms with Crippen LogP contribution in [0.5, 0.6) is 0 Å². The smallest absolute Gasteiger partial charge is 0.310 e. The minimum atomic E-state index is -0.697. The molecule has 0 aliphatic heterocycles. The Hall–Kier alpha value is -1.39. The molecule has 0 heterocycles. The Balaban J connectivity index is 1.92. The number of rotatable bonds is 8. The highest BCUT2D eigenvalue weighted by Gasteiger charge is 2.40. The van der Waals surface area contributed by atoms with Gasteiger partial charge in [-0.15, -0.1) is 0 Å². The number of aliphatic carboxylic acids is 1. The molecule has 1 aliphatic rings. The van der Waals surface area contributed by atoms with Crippen molar-refractivity contribution in [2.75, 3.05) is 26.9 Å². The van der Waals surface area contributed by atoms with E-state index >= 15 is 0 Å². The molecule has 0 radical (unpaired) electrons. The van der Waals surface area contributed by atoms with Gasteiger partial charge in [0.05, 0.1) is 5.41 Å². The van der Waals surface area contributed by atoms with Gasteiger partial charge in [0.25, 0.3) is 0 Å². The summed E-state index contributed by atoms with van der Waals surface area (Å²) in [5, 5.41) is 9.68. The van der Waals surface area contributed by atoms with E-state index in [1.807, 2.05) is 18.2 Å². The SMILES string of the molecule is COCCCOCCC1(C(=O)O)CCc2ccccc2C1. The van der Waals surface area contributed by atoms with Gasteiger partial charge in [-0.3, -0.25) is 4.79 Å². The average molecular weight is 292 g/mol. The molecule has 1 atom stereocenters. The van der Waals surface area contributed by atoms with Crippen LogP contribution in [0.15, 0.2) is 24.3 Å². The highest BCUT2D eigenvalue weighted by atomic mass is 16.5. The quantitative estimate of drug-likeness (QED) is 0.748. The van der Waals surface area contributed by atoms with Crippen LogP contribution >= 0.6 is 0 Å². The van der Waals surface area contributed by atoms with E-state index in [9.17, 15) is 9.90 Å². The molecule has 0 bridgehead atoms. The van der Waals surface area contributed by atoms with Gasteiger partial charge in [-0.2, -0.15) is 0 Å². The number of carboxylic acid groups (broad SMARTS) is 1. The maximum atomic E-state index is 11.8. The molecule has 2 rings (SSSR count). The molecule has 1 aromatic rings. The van der Waals surface area contributed by atoms with Crippen LogP contribution in [0.1, 0.15) is 30.4 Å². The molecule has 0 saturated carbocycles. The molecule has 0 aromatic heterocycles. The average Bonchev–Trinajstić information content (AvgIpc) is 2.50. The first-order valence-electron chi connectivity index (χ1n) is 7.55. The molecule has 1 aliphatic carbocycles. The third kappa shape index (κ3) is 4.05. The minimum Gasteiger partial charge on any atom is -0.481 e. The Morgan fingerprint density at radius 3 is 2.71 bits per heavy atom. The Morgan fingerprint density at radius 2 is 2.00 bits per heavy atom. The summed E-state index contributed by atoms with van der Waals surface area (Å²) in [6.45, 7) is 1.80. The number of aryl methyl sites for hydroxylation is 1. The molecular formula is C17H24O4. The molecule has 116 valence electrons. The van der Waals surface area contributed by atoms with E-state index in [4.69, 9.17) is 9.47 Å². The first-order chi connectivity index (χ1) is 10.2. The van der Waals surface area contributed by atoms with Crippen LogP contribution in [-0.2, 0) is 27.1 Å². The Morgan fingerprint density at radius 1 is 1.24 bits per heavy atom. The first kappa shape index (κ1) is 16.0. The van der Waals surface area contributed by atoms with Crippen molar-refractivity contribution >= 4 is 5.97 Å². The van der Waals surface area contributed by atoms with Gasteiger partial charge in [0.15, 0.2) is 0 Å². The third-order valence-electron chi connectivity index (χ3n) is 4.34. The van der Waals surface area contributed by atoms with Crippen LogP contribution < -0.4 is 0 Å².